The van der Waals surface area contributed by atoms with Crippen LogP contribution in [0.15, 0.2) is 52.3 Å². The minimum atomic E-state index is -0.854. The molecule has 3 N–H and O–H groups in total. The molecule has 0 aliphatic carbocycles. The van der Waals surface area contributed by atoms with Crippen molar-refractivity contribution in [1.82, 2.24) is 0 Å². The van der Waals surface area contributed by atoms with Crippen molar-refractivity contribution in [3.8, 4) is 0 Å². The Morgan fingerprint density at radius 2 is 1.78 bits per heavy atom. The monoisotopic (exact) mass is 331 g/mol. The standard InChI is InChI=1S/C17H17NO4S/c1-2-22-17(21)14-8-7-13(10-15(14)18)23-12-5-3-11(4-6-12)9-16(19)20/h3-8,10H,2,9,18H2,1H3,(H,19,20). The number of ether oxygens (including phenoxy) is 1. The molecule has 23 heavy (non-hydrogen) atoms. The van der Waals surface area contributed by atoms with Crippen molar-refractivity contribution in [3.63, 3.8) is 0 Å². The Kier molecular flexibility index (Phi) is 5.65. The van der Waals surface area contributed by atoms with E-state index in [2.05, 4.69) is 0 Å². The Morgan fingerprint density at radius 1 is 1.13 bits per heavy atom. The lowest BCUT2D eigenvalue weighted by molar-refractivity contribution is -0.136. The summed E-state index contributed by atoms with van der Waals surface area (Å²) >= 11 is 1.48. The van der Waals surface area contributed by atoms with Crippen LogP contribution >= 0.6 is 11.8 Å². The highest BCUT2D eigenvalue weighted by molar-refractivity contribution is 7.99. The van der Waals surface area contributed by atoms with Crippen LogP contribution in [-0.2, 0) is 16.0 Å². The second-order valence-corrected chi connectivity index (χ2v) is 5.93. The number of benzene rings is 2. The highest BCUT2D eigenvalue weighted by Crippen LogP contribution is 2.30. The average molecular weight is 331 g/mol. The molecule has 2 aromatic carbocycles. The second kappa shape index (κ2) is 7.69. The smallest absolute Gasteiger partial charge is 0.340 e. The van der Waals surface area contributed by atoms with E-state index in [0.717, 1.165) is 15.4 Å². The van der Waals surface area contributed by atoms with Crippen molar-refractivity contribution in [3.05, 3.63) is 53.6 Å². The molecule has 2 rings (SSSR count). The lowest BCUT2D eigenvalue weighted by atomic mass is 10.2. The third-order valence-electron chi connectivity index (χ3n) is 3.03. The molecule has 0 bridgehead atoms. The maximum atomic E-state index is 11.7. The lowest BCUT2D eigenvalue weighted by Gasteiger charge is -2.08. The van der Waals surface area contributed by atoms with E-state index < -0.39 is 11.9 Å². The van der Waals surface area contributed by atoms with Gasteiger partial charge in [-0.1, -0.05) is 23.9 Å². The predicted molar refractivity (Wildman–Crippen MR) is 88.7 cm³/mol. The SMILES string of the molecule is CCOC(=O)c1ccc(Sc2ccc(CC(=O)O)cc2)cc1N. The molecule has 0 unspecified atom stereocenters. The first kappa shape index (κ1) is 16.9. The molecule has 0 aliphatic rings. The Labute approximate surface area is 138 Å². The fourth-order valence-corrected chi connectivity index (χ4v) is 2.85. The summed E-state index contributed by atoms with van der Waals surface area (Å²) in [6.45, 7) is 2.05. The number of esters is 1. The maximum Gasteiger partial charge on any atom is 0.340 e. The highest BCUT2D eigenvalue weighted by Gasteiger charge is 2.11. The van der Waals surface area contributed by atoms with E-state index in [4.69, 9.17) is 15.6 Å². The largest absolute Gasteiger partial charge is 0.481 e. The van der Waals surface area contributed by atoms with E-state index in [0.29, 0.717) is 17.9 Å². The summed E-state index contributed by atoms with van der Waals surface area (Å²) in [5.74, 6) is -1.28. The Hall–Kier alpha value is -2.47. The Balaban J connectivity index is 2.10. The minimum Gasteiger partial charge on any atom is -0.481 e. The lowest BCUT2D eigenvalue weighted by Crippen LogP contribution is -2.07. The van der Waals surface area contributed by atoms with Gasteiger partial charge in [0.25, 0.3) is 0 Å². The zero-order valence-electron chi connectivity index (χ0n) is 12.6. The third kappa shape index (κ3) is 4.75. The summed E-state index contributed by atoms with van der Waals surface area (Å²) in [4.78, 5) is 24.2. The first-order valence-corrected chi connectivity index (χ1v) is 7.86. The molecule has 0 aliphatic heterocycles. The van der Waals surface area contributed by atoms with E-state index in [-0.39, 0.29) is 6.42 Å². The zero-order chi connectivity index (χ0) is 16.8. The van der Waals surface area contributed by atoms with Gasteiger partial charge in [-0.2, -0.15) is 0 Å². The van der Waals surface area contributed by atoms with Gasteiger partial charge < -0.3 is 15.6 Å². The van der Waals surface area contributed by atoms with Gasteiger partial charge in [-0.05, 0) is 42.8 Å². The van der Waals surface area contributed by atoms with Gasteiger partial charge in [0, 0.05) is 15.5 Å². The molecular formula is C17H17NO4S. The molecule has 0 aromatic heterocycles. The molecule has 120 valence electrons. The van der Waals surface area contributed by atoms with Gasteiger partial charge in [0.15, 0.2) is 0 Å². The van der Waals surface area contributed by atoms with Crippen LogP contribution in [0.2, 0.25) is 0 Å². The van der Waals surface area contributed by atoms with Crippen molar-refractivity contribution in [2.24, 2.45) is 0 Å². The van der Waals surface area contributed by atoms with Crippen LogP contribution in [0.1, 0.15) is 22.8 Å². The number of hydrogen-bond acceptors (Lipinski definition) is 5. The van der Waals surface area contributed by atoms with Crippen LogP contribution < -0.4 is 5.73 Å². The number of carboxylic acid groups (broad SMARTS) is 1. The number of nitrogens with two attached hydrogens (primary N) is 1. The number of anilines is 1. The Morgan fingerprint density at radius 3 is 2.35 bits per heavy atom. The quantitative estimate of drug-likeness (QED) is 0.624. The van der Waals surface area contributed by atoms with Gasteiger partial charge in [-0.15, -0.1) is 0 Å². The van der Waals surface area contributed by atoms with Crippen LogP contribution in [0.25, 0.3) is 0 Å². The van der Waals surface area contributed by atoms with Crippen LogP contribution in [0, 0.1) is 0 Å². The van der Waals surface area contributed by atoms with Crippen molar-refractivity contribution in [2.75, 3.05) is 12.3 Å². The van der Waals surface area contributed by atoms with Crippen LogP contribution in [0.5, 0.6) is 0 Å². The summed E-state index contributed by atoms with van der Waals surface area (Å²) in [6.07, 6.45) is 0.00608. The van der Waals surface area contributed by atoms with Gasteiger partial charge in [-0.25, -0.2) is 4.79 Å². The number of nitrogen functional groups attached to an aromatic ring is 1. The van der Waals surface area contributed by atoms with Crippen LogP contribution in [0.4, 0.5) is 5.69 Å². The first-order chi connectivity index (χ1) is 11.0. The van der Waals surface area contributed by atoms with E-state index >= 15 is 0 Å². The van der Waals surface area contributed by atoms with Gasteiger partial charge in [-0.3, -0.25) is 4.79 Å². The number of hydrogen-bond donors (Lipinski definition) is 2. The normalized spacial score (nSPS) is 10.3. The molecule has 6 heteroatoms. The molecule has 0 spiro atoms. The van der Waals surface area contributed by atoms with E-state index in [9.17, 15) is 9.59 Å². The van der Waals surface area contributed by atoms with Crippen molar-refractivity contribution < 1.29 is 19.4 Å². The number of rotatable bonds is 6. The van der Waals surface area contributed by atoms with Crippen molar-refractivity contribution in [1.29, 1.82) is 0 Å². The fraction of sp³-hybridized carbons (Fsp3) is 0.176. The van der Waals surface area contributed by atoms with Crippen molar-refractivity contribution >= 4 is 29.4 Å². The van der Waals surface area contributed by atoms with Crippen molar-refractivity contribution in [2.45, 2.75) is 23.1 Å². The van der Waals surface area contributed by atoms with Gasteiger partial charge in [0.2, 0.25) is 0 Å². The molecule has 5 nitrogen and oxygen atoms in total. The molecule has 0 saturated carbocycles. The minimum absolute atomic E-state index is 0.00608. The van der Waals surface area contributed by atoms with Gasteiger partial charge in [0.1, 0.15) is 0 Å². The Bertz CT molecular complexity index is 713. The molecule has 0 radical (unpaired) electrons. The fourth-order valence-electron chi connectivity index (χ4n) is 1.99. The summed E-state index contributed by atoms with van der Waals surface area (Å²) < 4.78 is 4.94. The van der Waals surface area contributed by atoms with E-state index in [1.165, 1.54) is 11.8 Å². The summed E-state index contributed by atoms with van der Waals surface area (Å²) in [5, 5.41) is 8.75. The third-order valence-corrected chi connectivity index (χ3v) is 4.03. The maximum absolute atomic E-state index is 11.7. The zero-order valence-corrected chi connectivity index (χ0v) is 13.4. The molecule has 2 aromatic rings. The molecular weight excluding hydrogens is 314 g/mol. The van der Waals surface area contributed by atoms with Gasteiger partial charge in [0.05, 0.1) is 18.6 Å². The van der Waals surface area contributed by atoms with Gasteiger partial charge >= 0.3 is 11.9 Å². The van der Waals surface area contributed by atoms with Crippen LogP contribution in [-0.4, -0.2) is 23.7 Å². The second-order valence-electron chi connectivity index (χ2n) is 4.79. The highest BCUT2D eigenvalue weighted by atomic mass is 32.2. The van der Waals surface area contributed by atoms with E-state index in [1.54, 1.807) is 37.3 Å². The molecule has 0 amide bonds. The number of carbonyl (C=O) groups excluding carboxylic acids is 1. The molecule has 0 heterocycles. The molecule has 0 saturated heterocycles. The van der Waals surface area contributed by atoms with E-state index in [1.807, 2.05) is 12.1 Å². The molecule has 0 atom stereocenters. The van der Waals surface area contributed by atoms with Crippen LogP contribution in [0.3, 0.4) is 0 Å². The molecule has 0 fully saturated rings. The summed E-state index contributed by atoms with van der Waals surface area (Å²) in [6, 6.07) is 12.5. The first-order valence-electron chi connectivity index (χ1n) is 7.05. The summed E-state index contributed by atoms with van der Waals surface area (Å²) in [5.41, 5.74) is 7.38. The predicted octanol–water partition coefficient (Wildman–Crippen LogP) is 3.22. The topological polar surface area (TPSA) is 89.6 Å². The average Bonchev–Trinajstić information content (AvgIpc) is 2.49. The number of aliphatic carboxylic acids is 1. The number of carboxylic acids is 1. The summed E-state index contributed by atoms with van der Waals surface area (Å²) in [7, 11) is 0. The number of carbonyl (C=O) groups is 2.